The van der Waals surface area contributed by atoms with Crippen LogP contribution in [0.25, 0.3) is 0 Å². The molecule has 0 fully saturated rings. The van der Waals surface area contributed by atoms with Crippen molar-refractivity contribution in [1.29, 1.82) is 0 Å². The fraction of sp³-hybridized carbons (Fsp3) is 0.500. The molecule has 0 heterocycles. The van der Waals surface area contributed by atoms with Crippen LogP contribution in [-0.2, 0) is 4.79 Å². The van der Waals surface area contributed by atoms with Gasteiger partial charge < -0.3 is 11.1 Å². The van der Waals surface area contributed by atoms with Crippen molar-refractivity contribution in [2.45, 2.75) is 31.1 Å². The lowest BCUT2D eigenvalue weighted by molar-refractivity contribution is -0.121. The summed E-state index contributed by atoms with van der Waals surface area (Å²) in [6.07, 6.45) is 2.37. The van der Waals surface area contributed by atoms with Gasteiger partial charge in [0, 0.05) is 23.8 Å². The molecule has 1 amide bonds. The van der Waals surface area contributed by atoms with Gasteiger partial charge in [0.05, 0.1) is 0 Å². The van der Waals surface area contributed by atoms with Crippen molar-refractivity contribution < 1.29 is 4.79 Å². The summed E-state index contributed by atoms with van der Waals surface area (Å²) in [7, 11) is 0. The third-order valence-corrected chi connectivity index (χ3v) is 4.15. The van der Waals surface area contributed by atoms with Crippen molar-refractivity contribution in [3.63, 3.8) is 0 Å². The molecule has 0 radical (unpaired) electrons. The Hall–Kier alpha value is -1.00. The Kier molecular flexibility index (Phi) is 5.69. The lowest BCUT2D eigenvalue weighted by Gasteiger charge is -2.22. The highest BCUT2D eigenvalue weighted by Crippen LogP contribution is 2.20. The molecule has 0 saturated carbocycles. The minimum absolute atomic E-state index is 0.00785. The molecule has 1 atom stereocenters. The maximum atomic E-state index is 11.8. The second kappa shape index (κ2) is 6.81. The molecule has 1 rings (SSSR count). The number of carbonyl (C=O) groups is 1. The van der Waals surface area contributed by atoms with E-state index in [1.807, 2.05) is 36.6 Å². The second-order valence-electron chi connectivity index (χ2n) is 4.96. The van der Waals surface area contributed by atoms with Crippen LogP contribution in [0, 0.1) is 0 Å². The molecule has 3 nitrogen and oxygen atoms in total. The number of carbonyl (C=O) groups excluding carboxylic acids is 1. The highest BCUT2D eigenvalue weighted by molar-refractivity contribution is 7.99. The molecular formula is C14H22N2OS. The van der Waals surface area contributed by atoms with Crippen molar-refractivity contribution >= 4 is 17.7 Å². The number of rotatable bonds is 6. The first-order chi connectivity index (χ1) is 8.44. The maximum absolute atomic E-state index is 11.8. The van der Waals surface area contributed by atoms with E-state index < -0.39 is 0 Å². The predicted octanol–water partition coefficient (Wildman–Crippen LogP) is 2.33. The number of amides is 1. The van der Waals surface area contributed by atoms with E-state index in [1.54, 1.807) is 11.8 Å². The molecule has 0 aromatic heterocycles. The van der Waals surface area contributed by atoms with Crippen LogP contribution in [0.15, 0.2) is 30.3 Å². The van der Waals surface area contributed by atoms with E-state index in [1.165, 1.54) is 0 Å². The molecule has 4 heteroatoms. The summed E-state index contributed by atoms with van der Waals surface area (Å²) in [4.78, 5) is 11.8. The third kappa shape index (κ3) is 5.10. The zero-order valence-corrected chi connectivity index (χ0v) is 12.1. The summed E-state index contributed by atoms with van der Waals surface area (Å²) in [5.74, 6) is 0.00785. The van der Waals surface area contributed by atoms with Gasteiger partial charge in [0.15, 0.2) is 0 Å². The molecule has 18 heavy (non-hydrogen) atoms. The van der Waals surface area contributed by atoms with Crippen LogP contribution >= 0.6 is 11.8 Å². The molecule has 0 aliphatic carbocycles. The van der Waals surface area contributed by atoms with E-state index in [0.717, 1.165) is 5.56 Å². The molecular weight excluding hydrogens is 244 g/mol. The number of benzene rings is 1. The van der Waals surface area contributed by atoms with E-state index in [0.29, 0.717) is 13.0 Å². The number of hydrogen-bond acceptors (Lipinski definition) is 3. The lowest BCUT2D eigenvalue weighted by Crippen LogP contribution is -2.37. The van der Waals surface area contributed by atoms with Crippen molar-refractivity contribution in [3.8, 4) is 0 Å². The summed E-state index contributed by atoms with van der Waals surface area (Å²) in [6, 6.07) is 9.47. The average Bonchev–Trinajstić information content (AvgIpc) is 2.37. The summed E-state index contributed by atoms with van der Waals surface area (Å²) >= 11 is 1.74. The fourth-order valence-corrected chi connectivity index (χ4v) is 1.69. The Morgan fingerprint density at radius 1 is 1.39 bits per heavy atom. The molecule has 1 aromatic carbocycles. The van der Waals surface area contributed by atoms with Gasteiger partial charge >= 0.3 is 0 Å². The Morgan fingerprint density at radius 2 is 2.00 bits per heavy atom. The van der Waals surface area contributed by atoms with Gasteiger partial charge in [0.1, 0.15) is 0 Å². The van der Waals surface area contributed by atoms with Crippen LogP contribution in [0.2, 0.25) is 0 Å². The van der Waals surface area contributed by atoms with Gasteiger partial charge in [-0.15, -0.1) is 0 Å². The van der Waals surface area contributed by atoms with E-state index in [4.69, 9.17) is 5.73 Å². The van der Waals surface area contributed by atoms with E-state index >= 15 is 0 Å². The SMILES string of the molecule is CSC(C)(C)CNC(=O)CC(N)c1ccccc1. The monoisotopic (exact) mass is 266 g/mol. The van der Waals surface area contributed by atoms with Crippen molar-refractivity contribution in [3.05, 3.63) is 35.9 Å². The molecule has 100 valence electrons. The maximum Gasteiger partial charge on any atom is 0.221 e. The minimum atomic E-state index is -0.233. The number of nitrogens with one attached hydrogen (secondary N) is 1. The fourth-order valence-electron chi connectivity index (χ4n) is 1.47. The van der Waals surface area contributed by atoms with E-state index in [9.17, 15) is 4.79 Å². The van der Waals surface area contributed by atoms with Gasteiger partial charge in [0.25, 0.3) is 0 Å². The average molecular weight is 266 g/mol. The summed E-state index contributed by atoms with van der Waals surface area (Å²) in [5, 5.41) is 2.93. The first-order valence-corrected chi connectivity index (χ1v) is 7.29. The van der Waals surface area contributed by atoms with Crippen LogP contribution in [0.4, 0.5) is 0 Å². The molecule has 1 aromatic rings. The van der Waals surface area contributed by atoms with Crippen molar-refractivity contribution in [2.75, 3.05) is 12.8 Å². The minimum Gasteiger partial charge on any atom is -0.355 e. The van der Waals surface area contributed by atoms with Crippen LogP contribution in [0.5, 0.6) is 0 Å². The second-order valence-corrected chi connectivity index (χ2v) is 6.48. The molecule has 0 saturated heterocycles. The molecule has 0 aliphatic rings. The molecule has 0 aliphatic heterocycles. The smallest absolute Gasteiger partial charge is 0.221 e. The highest BCUT2D eigenvalue weighted by atomic mass is 32.2. The van der Waals surface area contributed by atoms with Crippen LogP contribution in [0.3, 0.4) is 0 Å². The van der Waals surface area contributed by atoms with Gasteiger partial charge in [-0.05, 0) is 25.7 Å². The highest BCUT2D eigenvalue weighted by Gasteiger charge is 2.18. The van der Waals surface area contributed by atoms with E-state index in [-0.39, 0.29) is 16.7 Å². The van der Waals surface area contributed by atoms with Crippen molar-refractivity contribution in [2.24, 2.45) is 5.73 Å². The molecule has 0 spiro atoms. The van der Waals surface area contributed by atoms with E-state index in [2.05, 4.69) is 19.2 Å². The summed E-state index contributed by atoms with van der Waals surface area (Å²) in [5.41, 5.74) is 7.00. The van der Waals surface area contributed by atoms with Gasteiger partial charge in [-0.25, -0.2) is 0 Å². The normalized spacial score (nSPS) is 13.1. The Balaban J connectivity index is 2.41. The first-order valence-electron chi connectivity index (χ1n) is 6.07. The first kappa shape index (κ1) is 15.1. The lowest BCUT2D eigenvalue weighted by atomic mass is 10.0. The summed E-state index contributed by atoms with van der Waals surface area (Å²) < 4.78 is 0.0620. The molecule has 1 unspecified atom stereocenters. The summed E-state index contributed by atoms with van der Waals surface area (Å²) in [6.45, 7) is 4.87. The molecule has 0 bridgehead atoms. The van der Waals surface area contributed by atoms with Gasteiger partial charge in [-0.1, -0.05) is 30.3 Å². The Bertz CT molecular complexity index is 379. The Labute approximate surface area is 114 Å². The molecule has 3 N–H and O–H groups in total. The number of thioether (sulfide) groups is 1. The Morgan fingerprint density at radius 3 is 2.56 bits per heavy atom. The topological polar surface area (TPSA) is 55.1 Å². The third-order valence-electron chi connectivity index (χ3n) is 2.90. The van der Waals surface area contributed by atoms with Crippen molar-refractivity contribution in [1.82, 2.24) is 5.32 Å². The van der Waals surface area contributed by atoms with Gasteiger partial charge in [-0.2, -0.15) is 11.8 Å². The standard InChI is InChI=1S/C14H22N2OS/c1-14(2,18-3)10-16-13(17)9-12(15)11-7-5-4-6-8-11/h4-8,12H,9-10,15H2,1-3H3,(H,16,17). The van der Waals surface area contributed by atoms with Gasteiger partial charge in [-0.3, -0.25) is 4.79 Å². The zero-order chi connectivity index (χ0) is 13.6. The quantitative estimate of drug-likeness (QED) is 0.831. The number of nitrogens with two attached hydrogens (primary N) is 1. The predicted molar refractivity (Wildman–Crippen MR) is 78.6 cm³/mol. The number of hydrogen-bond donors (Lipinski definition) is 2. The van der Waals surface area contributed by atoms with Crippen LogP contribution < -0.4 is 11.1 Å². The largest absolute Gasteiger partial charge is 0.355 e. The zero-order valence-electron chi connectivity index (χ0n) is 11.3. The van der Waals surface area contributed by atoms with Gasteiger partial charge in [0.2, 0.25) is 5.91 Å². The van der Waals surface area contributed by atoms with Crippen LogP contribution in [0.1, 0.15) is 31.9 Å². The van der Waals surface area contributed by atoms with Crippen LogP contribution in [-0.4, -0.2) is 23.5 Å².